The molecule has 5 nitrogen and oxygen atoms in total. The van der Waals surface area contributed by atoms with Crippen molar-refractivity contribution in [3.63, 3.8) is 0 Å². The second-order valence-electron chi connectivity index (χ2n) is 6.38. The standard InChI is InChI=1S/C19H24N2O3.ClH/c1-23-17-7-3-2-6-16(17)19(8-4-5-9-19)13-21-18(22)14-10-15(11-20)24-12-14;/h2-3,6-7,10,12H,4-5,8-9,11,13,20H2,1H3,(H,21,22);1H. The summed E-state index contributed by atoms with van der Waals surface area (Å²) in [5.41, 5.74) is 7.16. The molecule has 0 aliphatic heterocycles. The summed E-state index contributed by atoms with van der Waals surface area (Å²) in [5.74, 6) is 1.38. The molecule has 1 fully saturated rings. The summed E-state index contributed by atoms with van der Waals surface area (Å²) in [6, 6.07) is 9.80. The van der Waals surface area contributed by atoms with Gasteiger partial charge in [-0.15, -0.1) is 12.4 Å². The zero-order valence-electron chi connectivity index (χ0n) is 14.4. The molecule has 0 unspecified atom stereocenters. The Labute approximate surface area is 154 Å². The fraction of sp³-hybridized carbons (Fsp3) is 0.421. The molecule has 0 atom stereocenters. The summed E-state index contributed by atoms with van der Waals surface area (Å²) >= 11 is 0. The van der Waals surface area contributed by atoms with E-state index in [0.717, 1.165) is 31.4 Å². The minimum absolute atomic E-state index is 0. The van der Waals surface area contributed by atoms with Crippen molar-refractivity contribution in [3.05, 3.63) is 53.5 Å². The van der Waals surface area contributed by atoms with Crippen LogP contribution in [0.1, 0.15) is 47.4 Å². The monoisotopic (exact) mass is 364 g/mol. The van der Waals surface area contributed by atoms with Crippen LogP contribution in [0.4, 0.5) is 0 Å². The SMILES string of the molecule is COc1ccccc1C1(CNC(=O)c2coc(CN)c2)CCCC1.Cl. The van der Waals surface area contributed by atoms with Gasteiger partial charge in [0.25, 0.3) is 5.91 Å². The Morgan fingerprint density at radius 1 is 1.32 bits per heavy atom. The summed E-state index contributed by atoms with van der Waals surface area (Å²) in [6.07, 6.45) is 5.88. The number of benzene rings is 1. The fourth-order valence-electron chi connectivity index (χ4n) is 3.63. The van der Waals surface area contributed by atoms with E-state index >= 15 is 0 Å². The molecule has 0 spiro atoms. The predicted octanol–water partition coefficient (Wildman–Crippen LogP) is 3.41. The first-order valence-corrected chi connectivity index (χ1v) is 8.38. The number of nitrogens with one attached hydrogen (secondary N) is 1. The number of nitrogens with two attached hydrogens (primary N) is 1. The van der Waals surface area contributed by atoms with E-state index < -0.39 is 0 Å². The lowest BCUT2D eigenvalue weighted by atomic mass is 9.78. The van der Waals surface area contributed by atoms with Crippen molar-refractivity contribution in [1.82, 2.24) is 5.32 Å². The van der Waals surface area contributed by atoms with Gasteiger partial charge in [-0.1, -0.05) is 31.0 Å². The number of carbonyl (C=O) groups is 1. The van der Waals surface area contributed by atoms with Crippen LogP contribution in [0.5, 0.6) is 5.75 Å². The van der Waals surface area contributed by atoms with E-state index in [1.807, 2.05) is 18.2 Å². The Bertz CT molecular complexity index is 708. The first-order chi connectivity index (χ1) is 11.7. The molecule has 1 saturated carbocycles. The zero-order chi connectivity index (χ0) is 17.0. The van der Waals surface area contributed by atoms with Crippen molar-refractivity contribution in [2.45, 2.75) is 37.6 Å². The van der Waals surface area contributed by atoms with E-state index in [9.17, 15) is 4.79 Å². The number of hydrogen-bond acceptors (Lipinski definition) is 4. The number of ether oxygens (including phenoxy) is 1. The van der Waals surface area contributed by atoms with Crippen molar-refractivity contribution in [3.8, 4) is 5.75 Å². The molecule has 1 amide bonds. The highest BCUT2D eigenvalue weighted by Gasteiger charge is 2.38. The van der Waals surface area contributed by atoms with E-state index in [1.54, 1.807) is 13.2 Å². The van der Waals surface area contributed by atoms with Gasteiger partial charge in [-0.3, -0.25) is 4.79 Å². The van der Waals surface area contributed by atoms with Crippen LogP contribution >= 0.6 is 12.4 Å². The lowest BCUT2D eigenvalue weighted by molar-refractivity contribution is 0.0942. The second kappa shape index (κ2) is 8.41. The normalized spacial score (nSPS) is 15.4. The van der Waals surface area contributed by atoms with Crippen molar-refractivity contribution >= 4 is 18.3 Å². The maximum Gasteiger partial charge on any atom is 0.254 e. The Hall–Kier alpha value is -1.98. The van der Waals surface area contributed by atoms with Gasteiger partial charge in [0.15, 0.2) is 0 Å². The molecule has 2 aromatic rings. The van der Waals surface area contributed by atoms with Gasteiger partial charge in [0.2, 0.25) is 0 Å². The third-order valence-corrected chi connectivity index (χ3v) is 4.94. The van der Waals surface area contributed by atoms with Gasteiger partial charge in [0, 0.05) is 17.5 Å². The molecule has 0 saturated heterocycles. The summed E-state index contributed by atoms with van der Waals surface area (Å²) < 4.78 is 10.8. The molecule has 136 valence electrons. The Kier molecular flexibility index (Phi) is 6.51. The van der Waals surface area contributed by atoms with Crippen LogP contribution in [0.15, 0.2) is 41.0 Å². The summed E-state index contributed by atoms with van der Waals surface area (Å²) in [5, 5.41) is 3.07. The first-order valence-electron chi connectivity index (χ1n) is 8.38. The Balaban J connectivity index is 0.00000225. The molecule has 3 N–H and O–H groups in total. The number of methoxy groups -OCH3 is 1. The number of amides is 1. The highest BCUT2D eigenvalue weighted by atomic mass is 35.5. The largest absolute Gasteiger partial charge is 0.496 e. The van der Waals surface area contributed by atoms with Crippen LogP contribution in [-0.2, 0) is 12.0 Å². The van der Waals surface area contributed by atoms with Crippen molar-refractivity contribution in [1.29, 1.82) is 0 Å². The van der Waals surface area contributed by atoms with Gasteiger partial charge in [0.05, 0.1) is 19.2 Å². The third-order valence-electron chi connectivity index (χ3n) is 4.94. The van der Waals surface area contributed by atoms with Crippen LogP contribution in [0, 0.1) is 0 Å². The van der Waals surface area contributed by atoms with E-state index in [0.29, 0.717) is 24.4 Å². The summed E-state index contributed by atoms with van der Waals surface area (Å²) in [4.78, 5) is 12.4. The molecule has 0 bridgehead atoms. The maximum atomic E-state index is 12.4. The highest BCUT2D eigenvalue weighted by Crippen LogP contribution is 2.44. The van der Waals surface area contributed by atoms with Gasteiger partial charge >= 0.3 is 0 Å². The molecule has 1 heterocycles. The van der Waals surface area contributed by atoms with Crippen LogP contribution in [0.2, 0.25) is 0 Å². The van der Waals surface area contributed by atoms with Gasteiger partial charge in [0.1, 0.15) is 17.8 Å². The van der Waals surface area contributed by atoms with Crippen molar-refractivity contribution in [2.75, 3.05) is 13.7 Å². The van der Waals surface area contributed by atoms with E-state index in [2.05, 4.69) is 11.4 Å². The number of para-hydroxylation sites is 1. The predicted molar refractivity (Wildman–Crippen MR) is 99.3 cm³/mol. The molecule has 1 aliphatic carbocycles. The number of halogens is 1. The average Bonchev–Trinajstić information content (AvgIpc) is 3.29. The molecule has 1 aromatic carbocycles. The second-order valence-corrected chi connectivity index (χ2v) is 6.38. The minimum Gasteiger partial charge on any atom is -0.496 e. The number of furan rings is 1. The molecule has 1 aliphatic rings. The molecular formula is C19H25ClN2O3. The quantitative estimate of drug-likeness (QED) is 0.823. The summed E-state index contributed by atoms with van der Waals surface area (Å²) in [6.45, 7) is 0.883. The Morgan fingerprint density at radius 3 is 2.68 bits per heavy atom. The molecular weight excluding hydrogens is 340 g/mol. The van der Waals surface area contributed by atoms with E-state index in [1.165, 1.54) is 11.8 Å². The van der Waals surface area contributed by atoms with Crippen molar-refractivity contribution < 1.29 is 13.9 Å². The molecule has 1 aromatic heterocycles. The smallest absolute Gasteiger partial charge is 0.254 e. The molecule has 25 heavy (non-hydrogen) atoms. The van der Waals surface area contributed by atoms with Crippen LogP contribution < -0.4 is 15.8 Å². The lowest BCUT2D eigenvalue weighted by Crippen LogP contribution is -2.39. The molecule has 0 radical (unpaired) electrons. The summed E-state index contributed by atoms with van der Waals surface area (Å²) in [7, 11) is 1.69. The number of carbonyl (C=O) groups excluding carboxylic acids is 1. The van der Waals surface area contributed by atoms with E-state index in [-0.39, 0.29) is 23.7 Å². The third kappa shape index (κ3) is 3.99. The molecule has 6 heteroatoms. The van der Waals surface area contributed by atoms with Crippen LogP contribution in [0.25, 0.3) is 0 Å². The van der Waals surface area contributed by atoms with Crippen LogP contribution in [0.3, 0.4) is 0 Å². The average molecular weight is 365 g/mol. The lowest BCUT2D eigenvalue weighted by Gasteiger charge is -2.31. The van der Waals surface area contributed by atoms with Gasteiger partial charge in [-0.05, 0) is 25.0 Å². The number of hydrogen-bond donors (Lipinski definition) is 2. The highest BCUT2D eigenvalue weighted by molar-refractivity contribution is 5.94. The van der Waals surface area contributed by atoms with Gasteiger partial charge in [-0.2, -0.15) is 0 Å². The Morgan fingerprint density at radius 2 is 2.04 bits per heavy atom. The molecule has 3 rings (SSSR count). The zero-order valence-corrected chi connectivity index (χ0v) is 15.2. The van der Waals surface area contributed by atoms with Crippen molar-refractivity contribution in [2.24, 2.45) is 5.73 Å². The topological polar surface area (TPSA) is 77.5 Å². The van der Waals surface area contributed by atoms with Gasteiger partial charge < -0.3 is 20.2 Å². The maximum absolute atomic E-state index is 12.4. The fourth-order valence-corrected chi connectivity index (χ4v) is 3.63. The minimum atomic E-state index is -0.125. The van der Waals surface area contributed by atoms with Crippen LogP contribution in [-0.4, -0.2) is 19.6 Å². The number of rotatable bonds is 6. The van der Waals surface area contributed by atoms with E-state index in [4.69, 9.17) is 14.9 Å². The first kappa shape index (κ1) is 19.3. The van der Waals surface area contributed by atoms with Gasteiger partial charge in [-0.25, -0.2) is 0 Å².